The van der Waals surface area contributed by atoms with Crippen LogP contribution >= 0.6 is 0 Å². The monoisotopic (exact) mass is 472 g/mol. The Balaban J connectivity index is 1.90. The van der Waals surface area contributed by atoms with E-state index in [9.17, 15) is 9.18 Å². The Kier molecular flexibility index (Phi) is 11.9. The lowest BCUT2D eigenvalue weighted by Crippen LogP contribution is -2.09. The van der Waals surface area contributed by atoms with Gasteiger partial charge in [0.25, 0.3) is 0 Å². The fourth-order valence-corrected chi connectivity index (χ4v) is 4.31. The van der Waals surface area contributed by atoms with Crippen molar-refractivity contribution in [2.24, 2.45) is 5.92 Å². The van der Waals surface area contributed by atoms with Gasteiger partial charge in [-0.15, -0.1) is 0 Å². The fourth-order valence-electron chi connectivity index (χ4n) is 4.31. The van der Waals surface area contributed by atoms with Gasteiger partial charge in [0.2, 0.25) is 0 Å². The maximum atomic E-state index is 14.7. The second-order valence-corrected chi connectivity index (χ2v) is 9.33. The van der Waals surface area contributed by atoms with E-state index in [1.807, 2.05) is 0 Å². The zero-order valence-corrected chi connectivity index (χ0v) is 21.3. The molecule has 0 heterocycles. The normalized spacial score (nSPS) is 11.9. The Labute approximate surface area is 204 Å². The van der Waals surface area contributed by atoms with Gasteiger partial charge in [0, 0.05) is 6.42 Å². The van der Waals surface area contributed by atoms with Crippen LogP contribution in [0.25, 0.3) is 0 Å². The van der Waals surface area contributed by atoms with Crippen LogP contribution < -0.4 is 9.47 Å². The third kappa shape index (κ3) is 9.36. The average molecular weight is 473 g/mol. The predicted molar refractivity (Wildman–Crippen MR) is 136 cm³/mol. The summed E-state index contributed by atoms with van der Waals surface area (Å²) >= 11 is 0. The van der Waals surface area contributed by atoms with E-state index < -0.39 is 11.8 Å². The van der Waals surface area contributed by atoms with Crippen molar-refractivity contribution < 1.29 is 23.8 Å². The third-order valence-corrected chi connectivity index (χ3v) is 6.46. The quantitative estimate of drug-likeness (QED) is 0.258. The maximum Gasteiger partial charge on any atom is 0.303 e. The van der Waals surface area contributed by atoms with Gasteiger partial charge in [-0.2, -0.15) is 0 Å². The van der Waals surface area contributed by atoms with E-state index in [0.717, 1.165) is 24.8 Å². The summed E-state index contributed by atoms with van der Waals surface area (Å²) in [7, 11) is 1.51. The average Bonchev–Trinajstić information content (AvgIpc) is 2.80. The molecule has 0 aliphatic heterocycles. The van der Waals surface area contributed by atoms with Crippen molar-refractivity contribution in [2.45, 2.75) is 85.0 Å². The highest BCUT2D eigenvalue weighted by molar-refractivity contribution is 5.66. The molecule has 2 aromatic carbocycles. The topological polar surface area (TPSA) is 55.8 Å². The lowest BCUT2D eigenvalue weighted by Gasteiger charge is -2.18. The Morgan fingerprint density at radius 2 is 1.76 bits per heavy atom. The van der Waals surface area contributed by atoms with Gasteiger partial charge in [-0.05, 0) is 92.7 Å². The largest absolute Gasteiger partial charge is 0.493 e. The van der Waals surface area contributed by atoms with Gasteiger partial charge in [-0.3, -0.25) is 4.79 Å². The molecule has 0 bridgehead atoms. The van der Waals surface area contributed by atoms with E-state index >= 15 is 0 Å². The van der Waals surface area contributed by atoms with E-state index in [1.165, 1.54) is 49.1 Å². The molecule has 1 atom stereocenters. The highest BCUT2D eigenvalue weighted by Gasteiger charge is 2.15. The second-order valence-electron chi connectivity index (χ2n) is 9.33. The summed E-state index contributed by atoms with van der Waals surface area (Å²) in [6.07, 6.45) is 8.55. The first-order chi connectivity index (χ1) is 16.3. The molecule has 0 amide bonds. The minimum atomic E-state index is -0.807. The first-order valence-corrected chi connectivity index (χ1v) is 12.6. The van der Waals surface area contributed by atoms with E-state index in [4.69, 9.17) is 14.6 Å². The van der Waals surface area contributed by atoms with Crippen LogP contribution in [-0.2, 0) is 17.6 Å². The first-order valence-electron chi connectivity index (χ1n) is 12.6. The molecular weight excluding hydrogens is 431 g/mol. The van der Waals surface area contributed by atoms with Crippen LogP contribution in [0.3, 0.4) is 0 Å². The molecule has 5 heteroatoms. The van der Waals surface area contributed by atoms with E-state index in [0.29, 0.717) is 37.5 Å². The van der Waals surface area contributed by atoms with Crippen molar-refractivity contribution in [3.05, 3.63) is 58.4 Å². The number of methoxy groups -OCH3 is 1. The van der Waals surface area contributed by atoms with Gasteiger partial charge in [-0.1, -0.05) is 44.4 Å². The number of halogens is 1. The van der Waals surface area contributed by atoms with Crippen LogP contribution in [0.2, 0.25) is 0 Å². The number of ether oxygens (including phenoxy) is 2. The van der Waals surface area contributed by atoms with E-state index in [2.05, 4.69) is 39.0 Å². The molecule has 1 N–H and O–H groups in total. The Hall–Kier alpha value is -2.56. The van der Waals surface area contributed by atoms with Crippen molar-refractivity contribution >= 4 is 5.97 Å². The lowest BCUT2D eigenvalue weighted by atomic mass is 9.89. The van der Waals surface area contributed by atoms with Crippen LogP contribution in [0.15, 0.2) is 30.3 Å². The van der Waals surface area contributed by atoms with Crippen molar-refractivity contribution in [2.75, 3.05) is 13.7 Å². The summed E-state index contributed by atoms with van der Waals surface area (Å²) < 4.78 is 26.0. The molecule has 2 rings (SSSR count). The molecule has 0 aliphatic carbocycles. The maximum absolute atomic E-state index is 14.7. The number of aliphatic carboxylic acids is 1. The molecule has 4 nitrogen and oxygen atoms in total. The number of hydrogen-bond acceptors (Lipinski definition) is 3. The highest BCUT2D eigenvalue weighted by atomic mass is 19.1. The zero-order chi connectivity index (χ0) is 24.9. The van der Waals surface area contributed by atoms with Crippen molar-refractivity contribution in [1.29, 1.82) is 0 Å². The van der Waals surface area contributed by atoms with Crippen molar-refractivity contribution in [1.82, 2.24) is 0 Å². The van der Waals surface area contributed by atoms with Gasteiger partial charge >= 0.3 is 5.97 Å². The minimum Gasteiger partial charge on any atom is -0.493 e. The zero-order valence-electron chi connectivity index (χ0n) is 21.3. The van der Waals surface area contributed by atoms with Gasteiger partial charge in [0.05, 0.1) is 13.7 Å². The van der Waals surface area contributed by atoms with Crippen LogP contribution in [-0.4, -0.2) is 24.8 Å². The predicted octanol–water partition coefficient (Wildman–Crippen LogP) is 7.46. The molecule has 0 saturated heterocycles. The molecule has 0 fully saturated rings. The molecular formula is C29H41FO4. The van der Waals surface area contributed by atoms with Crippen LogP contribution in [0.4, 0.5) is 4.39 Å². The number of rotatable bonds is 16. The SMILES string of the molecule is CCCCC(CCCOc1c(F)cc(CCCCC(=O)O)cc1OC)Cc1ccc(C)c(C)c1. The van der Waals surface area contributed by atoms with E-state index in [1.54, 1.807) is 6.07 Å². The summed E-state index contributed by atoms with van der Waals surface area (Å²) in [6.45, 7) is 6.98. The number of unbranched alkanes of at least 4 members (excludes halogenated alkanes) is 2. The molecule has 0 aromatic heterocycles. The Morgan fingerprint density at radius 1 is 1.00 bits per heavy atom. The molecule has 0 aliphatic rings. The van der Waals surface area contributed by atoms with Crippen molar-refractivity contribution in [3.63, 3.8) is 0 Å². The second kappa shape index (κ2) is 14.6. The summed E-state index contributed by atoms with van der Waals surface area (Å²) in [5.74, 6) is -0.0869. The van der Waals surface area contributed by atoms with Gasteiger partial charge < -0.3 is 14.6 Å². The Bertz CT molecular complexity index is 909. The van der Waals surface area contributed by atoms with Crippen LogP contribution in [0, 0.1) is 25.6 Å². The summed E-state index contributed by atoms with van der Waals surface area (Å²) in [4.78, 5) is 10.6. The summed E-state index contributed by atoms with van der Waals surface area (Å²) in [5.41, 5.74) is 4.84. The third-order valence-electron chi connectivity index (χ3n) is 6.46. The summed E-state index contributed by atoms with van der Waals surface area (Å²) in [6, 6.07) is 10.0. The molecule has 2 aromatic rings. The fraction of sp³-hybridized carbons (Fsp3) is 0.552. The number of carboxylic acid groups (broad SMARTS) is 1. The van der Waals surface area contributed by atoms with Crippen LogP contribution in [0.1, 0.15) is 80.5 Å². The highest BCUT2D eigenvalue weighted by Crippen LogP contribution is 2.33. The number of carbonyl (C=O) groups is 1. The Morgan fingerprint density at radius 3 is 2.44 bits per heavy atom. The van der Waals surface area contributed by atoms with Gasteiger partial charge in [-0.25, -0.2) is 4.39 Å². The van der Waals surface area contributed by atoms with Crippen LogP contribution in [0.5, 0.6) is 11.5 Å². The van der Waals surface area contributed by atoms with Gasteiger partial charge in [0.1, 0.15) is 0 Å². The lowest BCUT2D eigenvalue weighted by molar-refractivity contribution is -0.137. The number of aryl methyl sites for hydroxylation is 3. The standard InChI is InChI=1S/C29H41FO4/c1-5-6-10-23(18-25-15-14-21(2)22(3)17-25)12-9-16-34-29-26(30)19-24(20-27(29)33-4)11-7-8-13-28(31)32/h14-15,17,19-20,23H,5-13,16,18H2,1-4H3,(H,31,32). The molecule has 188 valence electrons. The van der Waals surface area contributed by atoms with Crippen molar-refractivity contribution in [3.8, 4) is 11.5 Å². The first kappa shape index (κ1) is 27.7. The molecule has 34 heavy (non-hydrogen) atoms. The molecule has 0 spiro atoms. The molecule has 0 saturated carbocycles. The minimum absolute atomic E-state index is 0.129. The van der Waals surface area contributed by atoms with Gasteiger partial charge in [0.15, 0.2) is 17.3 Å². The number of hydrogen-bond donors (Lipinski definition) is 1. The van der Waals surface area contributed by atoms with E-state index in [-0.39, 0.29) is 12.2 Å². The number of carboxylic acids is 1. The smallest absolute Gasteiger partial charge is 0.303 e. The molecule has 0 radical (unpaired) electrons. The summed E-state index contributed by atoms with van der Waals surface area (Å²) in [5, 5.41) is 8.75. The molecule has 1 unspecified atom stereocenters. The number of benzene rings is 2.